The van der Waals surface area contributed by atoms with Gasteiger partial charge in [0.15, 0.2) is 6.29 Å². The second-order valence-corrected chi connectivity index (χ2v) is 8.67. The lowest BCUT2D eigenvalue weighted by Gasteiger charge is -2.19. The number of aliphatic imine (C=N–C) groups is 1. The highest BCUT2D eigenvalue weighted by atomic mass is 31.2. The fraction of sp³-hybridized carbons (Fsp3) is 0.0385. The molecule has 31 heavy (non-hydrogen) atoms. The van der Waals surface area contributed by atoms with E-state index in [4.69, 9.17) is 14.0 Å². The predicted molar refractivity (Wildman–Crippen MR) is 125 cm³/mol. The van der Waals surface area contributed by atoms with Crippen LogP contribution in [0.1, 0.15) is 11.1 Å². The lowest BCUT2D eigenvalue weighted by atomic mass is 10.0. The van der Waals surface area contributed by atoms with Crippen molar-refractivity contribution >= 4 is 13.3 Å². The highest BCUT2D eigenvalue weighted by Gasteiger charge is 2.28. The standard InChI is InChI=1S/C26H22NO3P/c28-31(29-24-17-9-3-10-18-24,30-25-19-11-4-12-20-25)21-27-26(22-13-5-1-6-14-22)23-15-7-2-8-16-23/h1-20H,21H2. The van der Waals surface area contributed by atoms with E-state index in [1.54, 1.807) is 24.3 Å². The Morgan fingerprint density at radius 3 is 1.32 bits per heavy atom. The van der Waals surface area contributed by atoms with Gasteiger partial charge in [0.2, 0.25) is 0 Å². The van der Waals surface area contributed by atoms with E-state index in [0.717, 1.165) is 16.8 Å². The summed E-state index contributed by atoms with van der Waals surface area (Å²) in [6.07, 6.45) is -0.129. The van der Waals surface area contributed by atoms with E-state index < -0.39 is 7.60 Å². The van der Waals surface area contributed by atoms with Crippen LogP contribution >= 0.6 is 7.60 Å². The van der Waals surface area contributed by atoms with E-state index in [0.29, 0.717) is 11.5 Å². The van der Waals surface area contributed by atoms with Gasteiger partial charge in [-0.05, 0) is 24.3 Å². The molecule has 4 aromatic carbocycles. The monoisotopic (exact) mass is 427 g/mol. The molecule has 0 fully saturated rings. The van der Waals surface area contributed by atoms with Crippen LogP contribution in [0, 0.1) is 0 Å². The van der Waals surface area contributed by atoms with Gasteiger partial charge in [-0.2, -0.15) is 0 Å². The normalized spacial score (nSPS) is 10.8. The van der Waals surface area contributed by atoms with Gasteiger partial charge in [-0.1, -0.05) is 97.1 Å². The summed E-state index contributed by atoms with van der Waals surface area (Å²) in [4.78, 5) is 4.73. The minimum atomic E-state index is -3.65. The summed E-state index contributed by atoms with van der Waals surface area (Å²) in [6, 6.07) is 37.7. The largest absolute Gasteiger partial charge is 0.452 e. The molecule has 0 amide bonds. The summed E-state index contributed by atoms with van der Waals surface area (Å²) < 4.78 is 25.5. The second-order valence-electron chi connectivity index (χ2n) is 6.80. The molecule has 0 spiro atoms. The first kappa shape index (κ1) is 20.6. The molecule has 0 unspecified atom stereocenters. The van der Waals surface area contributed by atoms with Crippen molar-refractivity contribution in [3.05, 3.63) is 132 Å². The average Bonchev–Trinajstić information content (AvgIpc) is 2.82. The molecule has 0 aliphatic rings. The smallest absolute Gasteiger partial charge is 0.415 e. The Bertz CT molecular complexity index is 1080. The van der Waals surface area contributed by atoms with Gasteiger partial charge in [-0.15, -0.1) is 0 Å². The van der Waals surface area contributed by atoms with E-state index in [1.807, 2.05) is 97.1 Å². The molecule has 0 radical (unpaired) electrons. The first-order valence-electron chi connectivity index (χ1n) is 9.95. The van der Waals surface area contributed by atoms with Gasteiger partial charge in [0, 0.05) is 11.1 Å². The number of hydrogen-bond acceptors (Lipinski definition) is 4. The SMILES string of the molecule is O=P(CN=C(c1ccccc1)c1ccccc1)(Oc1ccccc1)Oc1ccccc1. The van der Waals surface area contributed by atoms with Crippen molar-refractivity contribution in [2.24, 2.45) is 4.99 Å². The minimum Gasteiger partial charge on any atom is -0.415 e. The third-order valence-electron chi connectivity index (χ3n) is 4.47. The molecule has 0 heterocycles. The summed E-state index contributed by atoms with van der Waals surface area (Å²) in [7, 11) is -3.65. The highest BCUT2D eigenvalue weighted by Crippen LogP contribution is 2.48. The third-order valence-corrected chi connectivity index (χ3v) is 5.94. The number of para-hydroxylation sites is 2. The molecular formula is C26H22NO3P. The zero-order valence-electron chi connectivity index (χ0n) is 16.9. The Kier molecular flexibility index (Phi) is 6.61. The number of hydrogen-bond donors (Lipinski definition) is 0. The summed E-state index contributed by atoms with van der Waals surface area (Å²) in [5, 5.41) is 0. The summed E-state index contributed by atoms with van der Waals surface area (Å²) in [6.45, 7) is 0. The summed E-state index contributed by atoms with van der Waals surface area (Å²) in [5.41, 5.74) is 2.59. The lowest BCUT2D eigenvalue weighted by molar-refractivity contribution is 0.386. The molecule has 0 saturated heterocycles. The molecule has 154 valence electrons. The van der Waals surface area contributed by atoms with Gasteiger partial charge in [-0.3, -0.25) is 4.99 Å². The third kappa shape index (κ3) is 5.71. The molecular weight excluding hydrogens is 405 g/mol. The van der Waals surface area contributed by atoms with Gasteiger partial charge < -0.3 is 9.05 Å². The number of benzene rings is 4. The van der Waals surface area contributed by atoms with Crippen LogP contribution in [0.2, 0.25) is 0 Å². The van der Waals surface area contributed by atoms with Gasteiger partial charge in [0.25, 0.3) is 0 Å². The van der Waals surface area contributed by atoms with Crippen LogP contribution in [0.15, 0.2) is 126 Å². The topological polar surface area (TPSA) is 47.9 Å². The molecule has 0 atom stereocenters. The molecule has 4 rings (SSSR count). The van der Waals surface area contributed by atoms with Gasteiger partial charge in [0.1, 0.15) is 11.5 Å². The van der Waals surface area contributed by atoms with Crippen molar-refractivity contribution in [2.75, 3.05) is 6.29 Å². The van der Waals surface area contributed by atoms with Crippen LogP contribution in [0.3, 0.4) is 0 Å². The van der Waals surface area contributed by atoms with Gasteiger partial charge in [-0.25, -0.2) is 4.57 Å². The van der Waals surface area contributed by atoms with Crippen LogP contribution in [0.5, 0.6) is 11.5 Å². The average molecular weight is 427 g/mol. The maximum atomic E-state index is 13.8. The van der Waals surface area contributed by atoms with Crippen LogP contribution in [-0.2, 0) is 4.57 Å². The van der Waals surface area contributed by atoms with E-state index in [1.165, 1.54) is 0 Å². The van der Waals surface area contributed by atoms with E-state index in [-0.39, 0.29) is 6.29 Å². The zero-order valence-corrected chi connectivity index (χ0v) is 17.8. The van der Waals surface area contributed by atoms with Crippen molar-refractivity contribution in [1.29, 1.82) is 0 Å². The van der Waals surface area contributed by atoms with Crippen molar-refractivity contribution in [2.45, 2.75) is 0 Å². The van der Waals surface area contributed by atoms with E-state index in [9.17, 15) is 4.57 Å². The quantitative estimate of drug-likeness (QED) is 0.229. The summed E-state index contributed by atoms with van der Waals surface area (Å²) in [5.74, 6) is 0.941. The molecule has 5 heteroatoms. The fourth-order valence-corrected chi connectivity index (χ4v) is 4.41. The summed E-state index contributed by atoms with van der Waals surface area (Å²) >= 11 is 0. The minimum absolute atomic E-state index is 0.129. The number of nitrogens with zero attached hydrogens (tertiary/aromatic N) is 1. The van der Waals surface area contributed by atoms with Crippen LogP contribution in [0.25, 0.3) is 0 Å². The van der Waals surface area contributed by atoms with Crippen LogP contribution < -0.4 is 9.05 Å². The molecule has 4 nitrogen and oxygen atoms in total. The molecule has 0 aliphatic heterocycles. The molecule has 0 saturated carbocycles. The Morgan fingerprint density at radius 1 is 0.581 bits per heavy atom. The first-order valence-corrected chi connectivity index (χ1v) is 11.7. The van der Waals surface area contributed by atoms with Crippen molar-refractivity contribution in [1.82, 2.24) is 0 Å². The Morgan fingerprint density at radius 2 is 0.935 bits per heavy atom. The fourth-order valence-electron chi connectivity index (χ4n) is 3.06. The first-order chi connectivity index (χ1) is 15.2. The predicted octanol–water partition coefficient (Wildman–Crippen LogP) is 6.83. The lowest BCUT2D eigenvalue weighted by Crippen LogP contribution is -2.09. The van der Waals surface area contributed by atoms with E-state index in [2.05, 4.69) is 0 Å². The van der Waals surface area contributed by atoms with Gasteiger partial charge in [0.05, 0.1) is 5.71 Å². The second kappa shape index (κ2) is 9.92. The Hall–Kier alpha value is -3.62. The highest BCUT2D eigenvalue weighted by molar-refractivity contribution is 7.54. The molecule has 4 aromatic rings. The molecule has 0 N–H and O–H groups in total. The van der Waals surface area contributed by atoms with E-state index >= 15 is 0 Å². The zero-order chi connectivity index (χ0) is 21.4. The number of rotatable bonds is 8. The van der Waals surface area contributed by atoms with Crippen molar-refractivity contribution in [3.8, 4) is 11.5 Å². The molecule has 0 aliphatic carbocycles. The van der Waals surface area contributed by atoms with Crippen LogP contribution in [0.4, 0.5) is 0 Å². The van der Waals surface area contributed by atoms with Gasteiger partial charge >= 0.3 is 7.60 Å². The Labute approximate surface area is 182 Å². The maximum Gasteiger partial charge on any atom is 0.452 e. The maximum absolute atomic E-state index is 13.8. The Balaban J connectivity index is 1.70. The molecule has 0 aromatic heterocycles. The van der Waals surface area contributed by atoms with Crippen LogP contribution in [-0.4, -0.2) is 12.0 Å². The van der Waals surface area contributed by atoms with Crippen molar-refractivity contribution in [3.63, 3.8) is 0 Å². The van der Waals surface area contributed by atoms with Crippen molar-refractivity contribution < 1.29 is 13.6 Å². The molecule has 0 bridgehead atoms.